The van der Waals surface area contributed by atoms with Crippen molar-refractivity contribution in [3.05, 3.63) is 107 Å². The van der Waals surface area contributed by atoms with Gasteiger partial charge < -0.3 is 9.80 Å². The van der Waals surface area contributed by atoms with Crippen LogP contribution >= 0.6 is 0 Å². The first kappa shape index (κ1) is 23.2. The Balaban J connectivity index is 1.78. The normalized spacial score (nSPS) is 10.9. The largest absolute Gasteiger partial charge is 0.363 e. The molecule has 0 saturated carbocycles. The minimum Gasteiger partial charge on any atom is -0.363 e. The highest BCUT2D eigenvalue weighted by molar-refractivity contribution is 5.94. The quantitative estimate of drug-likeness (QED) is 0.377. The number of aromatic nitrogens is 2. The van der Waals surface area contributed by atoms with E-state index in [0.29, 0.717) is 5.56 Å². The number of halogens is 2. The van der Waals surface area contributed by atoms with Crippen molar-refractivity contribution in [1.29, 1.82) is 0 Å². The smallest absolute Gasteiger partial charge is 0.254 e. The number of carbonyl (C=O) groups is 1. The van der Waals surface area contributed by atoms with Crippen LogP contribution in [0.1, 0.15) is 21.5 Å². The predicted molar refractivity (Wildman–Crippen MR) is 129 cm³/mol. The van der Waals surface area contributed by atoms with Crippen LogP contribution < -0.4 is 4.90 Å². The van der Waals surface area contributed by atoms with Gasteiger partial charge in [0.05, 0.1) is 12.2 Å². The number of aryl methyl sites for hydroxylation is 1. The number of rotatable bonds is 7. The Labute approximate surface area is 197 Å². The van der Waals surface area contributed by atoms with E-state index in [-0.39, 0.29) is 24.8 Å². The lowest BCUT2D eigenvalue weighted by molar-refractivity contribution is 0.0730. The number of anilines is 1. The van der Waals surface area contributed by atoms with Crippen LogP contribution in [0.2, 0.25) is 0 Å². The summed E-state index contributed by atoms with van der Waals surface area (Å²) in [5, 5.41) is 4.76. The van der Waals surface area contributed by atoms with Crippen LogP contribution in [0, 0.1) is 11.6 Å². The lowest BCUT2D eigenvalue weighted by Crippen LogP contribution is -2.31. The summed E-state index contributed by atoms with van der Waals surface area (Å²) < 4.78 is 28.8. The minimum atomic E-state index is -0.407. The monoisotopic (exact) mass is 460 g/mol. The van der Waals surface area contributed by atoms with E-state index >= 15 is 0 Å². The Morgan fingerprint density at radius 1 is 0.853 bits per heavy atom. The Morgan fingerprint density at radius 3 is 2.03 bits per heavy atom. The molecule has 5 nitrogen and oxygen atoms in total. The molecular weight excluding hydrogens is 434 g/mol. The SMILES string of the molecule is CN(C)c1c(CN(Cc2ccc(F)cc2)C(=O)c2ccc(F)cc2)c(-c2ccccc2)nn1C. The minimum absolute atomic E-state index is 0.253. The molecule has 34 heavy (non-hydrogen) atoms. The van der Waals surface area contributed by atoms with Crippen molar-refractivity contribution in [2.75, 3.05) is 19.0 Å². The van der Waals surface area contributed by atoms with E-state index in [1.54, 1.807) is 21.7 Å². The van der Waals surface area contributed by atoms with E-state index in [4.69, 9.17) is 5.10 Å². The summed E-state index contributed by atoms with van der Waals surface area (Å²) in [6.07, 6.45) is 0. The molecule has 7 heteroatoms. The van der Waals surface area contributed by atoms with Gasteiger partial charge in [-0.1, -0.05) is 42.5 Å². The van der Waals surface area contributed by atoms with Gasteiger partial charge in [0.1, 0.15) is 17.5 Å². The van der Waals surface area contributed by atoms with Gasteiger partial charge >= 0.3 is 0 Å². The summed E-state index contributed by atoms with van der Waals surface area (Å²) in [7, 11) is 5.74. The fourth-order valence-electron chi connectivity index (χ4n) is 4.07. The van der Waals surface area contributed by atoms with E-state index < -0.39 is 5.82 Å². The Kier molecular flexibility index (Phi) is 6.72. The molecule has 1 amide bonds. The van der Waals surface area contributed by atoms with E-state index in [2.05, 4.69) is 0 Å². The molecule has 1 aromatic heterocycles. The molecule has 4 rings (SSSR count). The van der Waals surface area contributed by atoms with Crippen molar-refractivity contribution < 1.29 is 13.6 Å². The molecular formula is C27H26F2N4O. The van der Waals surface area contributed by atoms with Crippen molar-refractivity contribution in [2.45, 2.75) is 13.1 Å². The number of benzene rings is 3. The van der Waals surface area contributed by atoms with E-state index in [1.807, 2.05) is 56.4 Å². The van der Waals surface area contributed by atoms with Crippen molar-refractivity contribution in [2.24, 2.45) is 7.05 Å². The van der Waals surface area contributed by atoms with Crippen molar-refractivity contribution in [1.82, 2.24) is 14.7 Å². The molecule has 0 unspecified atom stereocenters. The molecule has 0 bridgehead atoms. The van der Waals surface area contributed by atoms with Crippen molar-refractivity contribution in [3.63, 3.8) is 0 Å². The molecule has 0 N–H and O–H groups in total. The molecule has 0 aliphatic rings. The van der Waals surface area contributed by atoms with Crippen LogP contribution in [-0.2, 0) is 20.1 Å². The van der Waals surface area contributed by atoms with Gasteiger partial charge in [0.15, 0.2) is 0 Å². The lowest BCUT2D eigenvalue weighted by Gasteiger charge is -2.25. The second-order valence-corrected chi connectivity index (χ2v) is 8.33. The second kappa shape index (κ2) is 9.87. The van der Waals surface area contributed by atoms with Crippen LogP contribution in [0.3, 0.4) is 0 Å². The lowest BCUT2D eigenvalue weighted by atomic mass is 10.1. The highest BCUT2D eigenvalue weighted by Crippen LogP contribution is 2.32. The number of nitrogens with zero attached hydrogens (tertiary/aromatic N) is 4. The van der Waals surface area contributed by atoms with Crippen LogP contribution in [0.5, 0.6) is 0 Å². The Morgan fingerprint density at radius 2 is 1.44 bits per heavy atom. The summed E-state index contributed by atoms with van der Waals surface area (Å²) in [6.45, 7) is 0.519. The molecule has 4 aromatic rings. The van der Waals surface area contributed by atoms with E-state index in [1.165, 1.54) is 36.4 Å². The molecule has 0 fully saturated rings. The van der Waals surface area contributed by atoms with Gasteiger partial charge in [0.2, 0.25) is 0 Å². The van der Waals surface area contributed by atoms with Gasteiger partial charge in [-0.05, 0) is 42.0 Å². The number of amides is 1. The molecule has 0 radical (unpaired) electrons. The standard InChI is InChI=1S/C27H26F2N4O/c1-31(2)26-24(25(30-32(26)3)20-7-5-4-6-8-20)18-33(17-19-9-13-22(28)14-10-19)27(34)21-11-15-23(29)16-12-21/h4-16H,17-18H2,1-3H3. The molecule has 0 saturated heterocycles. The van der Waals surface area contributed by atoms with Crippen LogP contribution in [0.4, 0.5) is 14.6 Å². The molecule has 174 valence electrons. The molecule has 0 spiro atoms. The average molecular weight is 461 g/mol. The maximum Gasteiger partial charge on any atom is 0.254 e. The highest BCUT2D eigenvalue weighted by atomic mass is 19.1. The third-order valence-corrected chi connectivity index (χ3v) is 5.60. The molecule has 0 atom stereocenters. The number of carbonyl (C=O) groups excluding carboxylic acids is 1. The maximum atomic E-state index is 13.6. The first-order chi connectivity index (χ1) is 16.3. The van der Waals surface area contributed by atoms with Crippen LogP contribution in [-0.4, -0.2) is 34.7 Å². The van der Waals surface area contributed by atoms with Gasteiger partial charge in [0, 0.05) is 44.4 Å². The average Bonchev–Trinajstić information content (AvgIpc) is 3.16. The molecule has 1 heterocycles. The summed E-state index contributed by atoms with van der Waals surface area (Å²) in [5.74, 6) is -0.129. The molecule has 3 aromatic carbocycles. The third-order valence-electron chi connectivity index (χ3n) is 5.60. The van der Waals surface area contributed by atoms with E-state index in [9.17, 15) is 13.6 Å². The van der Waals surface area contributed by atoms with Crippen LogP contribution in [0.25, 0.3) is 11.3 Å². The topological polar surface area (TPSA) is 41.4 Å². The Bertz CT molecular complexity index is 1270. The van der Waals surface area contributed by atoms with Gasteiger partial charge in [-0.25, -0.2) is 8.78 Å². The zero-order chi connectivity index (χ0) is 24.2. The predicted octanol–water partition coefficient (Wildman–Crippen LogP) is 5.27. The summed E-state index contributed by atoms with van der Waals surface area (Å²) in [5.41, 5.74) is 3.77. The van der Waals surface area contributed by atoms with Gasteiger partial charge in [-0.15, -0.1) is 0 Å². The summed E-state index contributed by atoms with van der Waals surface area (Å²) >= 11 is 0. The molecule has 0 aliphatic carbocycles. The van der Waals surface area contributed by atoms with Crippen molar-refractivity contribution >= 4 is 11.7 Å². The fourth-order valence-corrected chi connectivity index (χ4v) is 4.07. The summed E-state index contributed by atoms with van der Waals surface area (Å²) in [6, 6.07) is 21.4. The van der Waals surface area contributed by atoms with Crippen molar-refractivity contribution in [3.8, 4) is 11.3 Å². The zero-order valence-electron chi connectivity index (χ0n) is 19.4. The summed E-state index contributed by atoms with van der Waals surface area (Å²) in [4.78, 5) is 17.2. The number of hydrogen-bond acceptors (Lipinski definition) is 3. The number of hydrogen-bond donors (Lipinski definition) is 0. The first-order valence-electron chi connectivity index (χ1n) is 10.9. The second-order valence-electron chi connectivity index (χ2n) is 8.33. The van der Waals surface area contributed by atoms with Gasteiger partial charge in [0.25, 0.3) is 5.91 Å². The van der Waals surface area contributed by atoms with Gasteiger partial charge in [-0.2, -0.15) is 5.10 Å². The maximum absolute atomic E-state index is 13.6. The Hall–Kier alpha value is -4.00. The first-order valence-corrected chi connectivity index (χ1v) is 10.9. The third kappa shape index (κ3) is 4.98. The van der Waals surface area contributed by atoms with Gasteiger partial charge in [-0.3, -0.25) is 9.48 Å². The van der Waals surface area contributed by atoms with Crippen LogP contribution in [0.15, 0.2) is 78.9 Å². The molecule has 0 aliphatic heterocycles. The highest BCUT2D eigenvalue weighted by Gasteiger charge is 2.25. The van der Waals surface area contributed by atoms with E-state index in [0.717, 1.165) is 28.2 Å². The fraction of sp³-hybridized carbons (Fsp3) is 0.185. The zero-order valence-corrected chi connectivity index (χ0v) is 19.4.